The number of nitrogens with zero attached hydrogens (tertiary/aromatic N) is 1. The summed E-state index contributed by atoms with van der Waals surface area (Å²) in [7, 11) is 1.43. The molecular weight excluding hydrogens is 425 g/mol. The van der Waals surface area contributed by atoms with Crippen LogP contribution in [0.3, 0.4) is 0 Å². The van der Waals surface area contributed by atoms with Gasteiger partial charge in [0.1, 0.15) is 17.5 Å². The van der Waals surface area contributed by atoms with Crippen LogP contribution in [0.1, 0.15) is 5.56 Å². The highest BCUT2D eigenvalue weighted by Gasteiger charge is 2.12. The van der Waals surface area contributed by atoms with Crippen LogP contribution in [-0.2, 0) is 9.59 Å². The molecule has 0 radical (unpaired) electrons. The molecular formula is C25H20FN3O4. The van der Waals surface area contributed by atoms with Gasteiger partial charge in [-0.3, -0.25) is 9.59 Å². The van der Waals surface area contributed by atoms with Crippen LogP contribution in [0.25, 0.3) is 6.08 Å². The number of anilines is 2. The van der Waals surface area contributed by atoms with Crippen molar-refractivity contribution in [1.29, 1.82) is 5.26 Å². The van der Waals surface area contributed by atoms with Gasteiger partial charge in [-0.2, -0.15) is 5.26 Å². The summed E-state index contributed by atoms with van der Waals surface area (Å²) in [6.07, 6.45) is 1.42. The zero-order valence-corrected chi connectivity index (χ0v) is 17.7. The normalized spacial score (nSPS) is 10.6. The second-order valence-corrected chi connectivity index (χ2v) is 6.74. The number of hydrogen-bond acceptors (Lipinski definition) is 5. The van der Waals surface area contributed by atoms with E-state index in [9.17, 15) is 19.2 Å². The molecule has 0 saturated heterocycles. The van der Waals surface area contributed by atoms with Gasteiger partial charge in [-0.15, -0.1) is 0 Å². The zero-order valence-electron chi connectivity index (χ0n) is 17.7. The lowest BCUT2D eigenvalue weighted by Gasteiger charge is -2.12. The average Bonchev–Trinajstić information content (AvgIpc) is 2.83. The third-order valence-corrected chi connectivity index (χ3v) is 4.38. The number of halogens is 1. The number of carbonyl (C=O) groups excluding carboxylic acids is 2. The van der Waals surface area contributed by atoms with Gasteiger partial charge in [0.15, 0.2) is 18.1 Å². The molecule has 7 nitrogen and oxygen atoms in total. The summed E-state index contributed by atoms with van der Waals surface area (Å²) in [5.74, 6) is -0.757. The Kier molecular flexibility index (Phi) is 7.76. The number of carbonyl (C=O) groups is 2. The fraction of sp³-hybridized carbons (Fsp3) is 0.0800. The van der Waals surface area contributed by atoms with Crippen molar-refractivity contribution in [1.82, 2.24) is 0 Å². The topological polar surface area (TPSA) is 100 Å². The summed E-state index contributed by atoms with van der Waals surface area (Å²) in [6, 6.07) is 20.8. The number of ether oxygens (including phenoxy) is 2. The molecule has 33 heavy (non-hydrogen) atoms. The van der Waals surface area contributed by atoms with Gasteiger partial charge in [0.05, 0.1) is 7.11 Å². The summed E-state index contributed by atoms with van der Waals surface area (Å²) in [6.45, 7) is -0.300. The molecule has 2 amide bonds. The van der Waals surface area contributed by atoms with Gasteiger partial charge in [-0.1, -0.05) is 24.3 Å². The Morgan fingerprint density at radius 1 is 0.970 bits per heavy atom. The van der Waals surface area contributed by atoms with Gasteiger partial charge in [-0.05, 0) is 60.2 Å². The number of benzene rings is 3. The number of hydrogen-bond donors (Lipinski definition) is 2. The summed E-state index contributed by atoms with van der Waals surface area (Å²) in [5, 5.41) is 14.6. The predicted molar refractivity (Wildman–Crippen MR) is 122 cm³/mol. The number of nitrogens with one attached hydrogen (secondary N) is 2. The lowest BCUT2D eigenvalue weighted by atomic mass is 10.1. The summed E-state index contributed by atoms with van der Waals surface area (Å²) < 4.78 is 23.8. The molecule has 0 aliphatic rings. The Bertz CT molecular complexity index is 1200. The SMILES string of the molecule is COc1cc(C=C(C#N)C(=O)Nc2ccccc2)ccc1OCC(=O)Nc1ccc(F)cc1. The second-order valence-electron chi connectivity index (χ2n) is 6.74. The highest BCUT2D eigenvalue weighted by Crippen LogP contribution is 2.29. The number of rotatable bonds is 8. The molecule has 2 N–H and O–H groups in total. The summed E-state index contributed by atoms with van der Waals surface area (Å²) >= 11 is 0. The van der Waals surface area contributed by atoms with Gasteiger partial charge in [0.25, 0.3) is 11.8 Å². The molecule has 3 aromatic carbocycles. The number of methoxy groups -OCH3 is 1. The Morgan fingerprint density at radius 3 is 2.33 bits per heavy atom. The van der Waals surface area contributed by atoms with E-state index >= 15 is 0 Å². The third-order valence-electron chi connectivity index (χ3n) is 4.38. The van der Waals surface area contributed by atoms with Crippen molar-refractivity contribution < 1.29 is 23.5 Å². The Morgan fingerprint density at radius 2 is 1.67 bits per heavy atom. The number of amides is 2. The minimum absolute atomic E-state index is 0.0896. The van der Waals surface area contributed by atoms with Crippen LogP contribution >= 0.6 is 0 Å². The Hall–Kier alpha value is -4.64. The summed E-state index contributed by atoms with van der Waals surface area (Å²) in [4.78, 5) is 24.5. The van der Waals surface area contributed by atoms with Crippen molar-refractivity contribution in [2.45, 2.75) is 0 Å². The first-order chi connectivity index (χ1) is 16.0. The van der Waals surface area contributed by atoms with Crippen molar-refractivity contribution in [3.63, 3.8) is 0 Å². The molecule has 3 rings (SSSR count). The van der Waals surface area contributed by atoms with Crippen molar-refractivity contribution >= 4 is 29.3 Å². The van der Waals surface area contributed by atoms with Crippen molar-refractivity contribution in [2.24, 2.45) is 0 Å². The van der Waals surface area contributed by atoms with Crippen molar-refractivity contribution in [3.05, 3.63) is 89.8 Å². The first-order valence-electron chi connectivity index (χ1n) is 9.83. The molecule has 0 aliphatic heterocycles. The van der Waals surface area contributed by atoms with E-state index in [1.54, 1.807) is 42.5 Å². The van der Waals surface area contributed by atoms with Crippen LogP contribution < -0.4 is 20.1 Å². The van der Waals surface area contributed by atoms with Gasteiger partial charge in [-0.25, -0.2) is 4.39 Å². The molecule has 0 bridgehead atoms. The number of para-hydroxylation sites is 1. The van der Waals surface area contributed by atoms with E-state index in [4.69, 9.17) is 9.47 Å². The molecule has 0 spiro atoms. The van der Waals surface area contributed by atoms with Crippen LogP contribution in [0.15, 0.2) is 78.4 Å². The molecule has 0 heterocycles. The largest absolute Gasteiger partial charge is 0.493 e. The quantitative estimate of drug-likeness (QED) is 0.395. The second kappa shape index (κ2) is 11.1. The molecule has 0 atom stereocenters. The lowest BCUT2D eigenvalue weighted by molar-refractivity contribution is -0.118. The minimum Gasteiger partial charge on any atom is -0.493 e. The Labute approximate surface area is 190 Å². The Balaban J connectivity index is 1.66. The summed E-state index contributed by atoms with van der Waals surface area (Å²) in [5.41, 5.74) is 1.46. The lowest BCUT2D eigenvalue weighted by Crippen LogP contribution is -2.20. The fourth-order valence-electron chi connectivity index (χ4n) is 2.80. The third kappa shape index (κ3) is 6.67. The first kappa shape index (κ1) is 23.0. The van der Waals surface area contributed by atoms with Crippen molar-refractivity contribution in [2.75, 3.05) is 24.4 Å². The molecule has 3 aromatic rings. The number of nitriles is 1. The zero-order chi connectivity index (χ0) is 23.6. The van der Waals surface area contributed by atoms with Crippen LogP contribution in [0.4, 0.5) is 15.8 Å². The van der Waals surface area contributed by atoms with E-state index in [1.165, 1.54) is 37.5 Å². The van der Waals surface area contributed by atoms with E-state index in [0.29, 0.717) is 28.4 Å². The standard InChI is InChI=1S/C25H20FN3O4/c1-32-23-14-17(13-18(15-27)25(31)29-20-5-3-2-4-6-20)7-12-22(23)33-16-24(30)28-21-10-8-19(26)9-11-21/h2-14H,16H2,1H3,(H,28,30)(H,29,31). The predicted octanol–water partition coefficient (Wildman–Crippen LogP) is 4.40. The van der Waals surface area contributed by atoms with Gasteiger partial charge in [0, 0.05) is 11.4 Å². The van der Waals surface area contributed by atoms with Crippen LogP contribution in [0.2, 0.25) is 0 Å². The molecule has 166 valence electrons. The maximum Gasteiger partial charge on any atom is 0.266 e. The fourth-order valence-corrected chi connectivity index (χ4v) is 2.80. The first-order valence-corrected chi connectivity index (χ1v) is 9.83. The monoisotopic (exact) mass is 445 g/mol. The molecule has 0 unspecified atom stereocenters. The van der Waals surface area contributed by atoms with E-state index < -0.39 is 17.6 Å². The average molecular weight is 445 g/mol. The smallest absolute Gasteiger partial charge is 0.266 e. The molecule has 0 saturated carbocycles. The molecule has 8 heteroatoms. The molecule has 0 fully saturated rings. The highest BCUT2D eigenvalue weighted by atomic mass is 19.1. The van der Waals surface area contributed by atoms with E-state index in [2.05, 4.69) is 10.6 Å². The molecule has 0 aromatic heterocycles. The van der Waals surface area contributed by atoms with Gasteiger partial charge in [0.2, 0.25) is 0 Å². The van der Waals surface area contributed by atoms with E-state index in [0.717, 1.165) is 0 Å². The van der Waals surface area contributed by atoms with Gasteiger partial charge >= 0.3 is 0 Å². The van der Waals surface area contributed by atoms with Crippen LogP contribution in [0.5, 0.6) is 11.5 Å². The van der Waals surface area contributed by atoms with Crippen molar-refractivity contribution in [3.8, 4) is 17.6 Å². The van der Waals surface area contributed by atoms with Gasteiger partial charge < -0.3 is 20.1 Å². The van der Waals surface area contributed by atoms with Crippen LogP contribution in [0, 0.1) is 17.1 Å². The maximum atomic E-state index is 13.0. The highest BCUT2D eigenvalue weighted by molar-refractivity contribution is 6.09. The molecule has 0 aliphatic carbocycles. The van der Waals surface area contributed by atoms with E-state index in [-0.39, 0.29) is 12.2 Å². The van der Waals surface area contributed by atoms with Crippen LogP contribution in [-0.4, -0.2) is 25.5 Å². The maximum absolute atomic E-state index is 13.0. The minimum atomic E-state index is -0.541. The van der Waals surface area contributed by atoms with E-state index in [1.807, 2.05) is 12.1 Å².